The fraction of sp³-hybridized carbons (Fsp3) is 0.200. The number of aromatic nitrogens is 4. The van der Waals surface area contributed by atoms with Gasteiger partial charge in [-0.1, -0.05) is 18.2 Å². The Balaban J connectivity index is 2.05. The van der Waals surface area contributed by atoms with Crippen LogP contribution >= 0.6 is 0 Å². The molecule has 0 spiro atoms. The lowest BCUT2D eigenvalue weighted by molar-refractivity contribution is 0.0991. The Morgan fingerprint density at radius 1 is 1.30 bits per heavy atom. The lowest BCUT2D eigenvalue weighted by Crippen LogP contribution is -2.10. The van der Waals surface area contributed by atoms with Crippen molar-refractivity contribution in [3.05, 3.63) is 53.7 Å². The summed E-state index contributed by atoms with van der Waals surface area (Å²) >= 11 is 0. The van der Waals surface area contributed by atoms with Crippen LogP contribution in [0.2, 0.25) is 0 Å². The molecule has 3 aromatic rings. The van der Waals surface area contributed by atoms with Crippen LogP contribution in [0, 0.1) is 6.92 Å². The number of ketones is 1. The fourth-order valence-corrected chi connectivity index (χ4v) is 2.26. The van der Waals surface area contributed by atoms with Crippen LogP contribution in [0.3, 0.4) is 0 Å². The zero-order valence-corrected chi connectivity index (χ0v) is 11.4. The first kappa shape index (κ1) is 12.5. The second kappa shape index (κ2) is 4.85. The van der Waals surface area contributed by atoms with Crippen molar-refractivity contribution in [2.45, 2.75) is 13.3 Å². The van der Waals surface area contributed by atoms with Crippen LogP contribution in [0.15, 0.2) is 36.7 Å². The number of Topliss-reactive ketones (excluding diaryl/α,β-unsaturated/α-hetero) is 1. The van der Waals surface area contributed by atoms with Gasteiger partial charge in [-0.15, -0.1) is 0 Å². The molecular weight excluding hydrogens is 252 g/mol. The van der Waals surface area contributed by atoms with E-state index in [1.807, 2.05) is 37.3 Å². The Bertz CT molecular complexity index is 791. The van der Waals surface area contributed by atoms with Crippen molar-refractivity contribution >= 4 is 16.7 Å². The molecule has 2 heterocycles. The van der Waals surface area contributed by atoms with Crippen molar-refractivity contribution in [3.8, 4) is 0 Å². The quantitative estimate of drug-likeness (QED) is 0.681. The highest BCUT2D eigenvalue weighted by Crippen LogP contribution is 2.19. The summed E-state index contributed by atoms with van der Waals surface area (Å²) in [4.78, 5) is 21.1. The van der Waals surface area contributed by atoms with Crippen molar-refractivity contribution in [3.63, 3.8) is 0 Å². The molecule has 0 aliphatic rings. The van der Waals surface area contributed by atoms with Crippen molar-refractivity contribution in [1.82, 2.24) is 19.7 Å². The number of carbonyl (C=O) groups is 1. The third-order valence-corrected chi connectivity index (χ3v) is 3.27. The monoisotopic (exact) mass is 266 g/mol. The molecule has 0 aliphatic carbocycles. The van der Waals surface area contributed by atoms with Crippen LogP contribution < -0.4 is 0 Å². The van der Waals surface area contributed by atoms with E-state index in [4.69, 9.17) is 0 Å². The molecule has 0 radical (unpaired) electrons. The molecule has 0 saturated heterocycles. The number of hydrogen-bond donors (Lipinski definition) is 0. The van der Waals surface area contributed by atoms with Gasteiger partial charge in [0.1, 0.15) is 12.2 Å². The second-order valence-corrected chi connectivity index (χ2v) is 4.73. The Labute approximate surface area is 116 Å². The van der Waals surface area contributed by atoms with Gasteiger partial charge in [0.2, 0.25) is 0 Å². The van der Waals surface area contributed by atoms with Crippen LogP contribution in [0.1, 0.15) is 21.9 Å². The van der Waals surface area contributed by atoms with Gasteiger partial charge in [0.15, 0.2) is 5.78 Å². The van der Waals surface area contributed by atoms with Gasteiger partial charge in [0.25, 0.3) is 0 Å². The minimum absolute atomic E-state index is 0.0304. The van der Waals surface area contributed by atoms with Crippen molar-refractivity contribution in [2.24, 2.45) is 7.05 Å². The molecule has 0 atom stereocenters. The normalized spacial score (nSPS) is 10.9. The van der Waals surface area contributed by atoms with Gasteiger partial charge in [-0.2, -0.15) is 5.10 Å². The van der Waals surface area contributed by atoms with E-state index in [2.05, 4.69) is 15.1 Å². The number of rotatable bonds is 3. The first-order chi connectivity index (χ1) is 9.65. The van der Waals surface area contributed by atoms with Gasteiger partial charge < -0.3 is 0 Å². The second-order valence-electron chi connectivity index (χ2n) is 4.73. The molecule has 0 saturated carbocycles. The predicted molar refractivity (Wildman–Crippen MR) is 75.5 cm³/mol. The molecule has 0 fully saturated rings. The van der Waals surface area contributed by atoms with E-state index in [0.717, 1.165) is 16.6 Å². The van der Waals surface area contributed by atoms with Gasteiger partial charge in [0.05, 0.1) is 11.9 Å². The molecule has 0 aliphatic heterocycles. The highest BCUT2D eigenvalue weighted by Gasteiger charge is 2.14. The van der Waals surface area contributed by atoms with Crippen LogP contribution in [-0.2, 0) is 13.5 Å². The molecule has 2 aromatic heterocycles. The molecular formula is C15H14N4O. The molecule has 20 heavy (non-hydrogen) atoms. The SMILES string of the molecule is Cc1cc(C(=O)Cc2ncnn2C)c2ccccc2n1. The zero-order valence-electron chi connectivity index (χ0n) is 11.4. The molecule has 3 rings (SSSR count). The standard InChI is InChI=1S/C15H14N4O/c1-10-7-12(11-5-3-4-6-13(11)18-10)14(20)8-15-16-9-17-19(15)2/h3-7,9H,8H2,1-2H3. The number of fused-ring (bicyclic) bond motifs is 1. The lowest BCUT2D eigenvalue weighted by atomic mass is 10.0. The molecule has 0 N–H and O–H groups in total. The topological polar surface area (TPSA) is 60.7 Å². The van der Waals surface area contributed by atoms with E-state index < -0.39 is 0 Å². The maximum Gasteiger partial charge on any atom is 0.171 e. The molecule has 0 bridgehead atoms. The minimum atomic E-state index is 0.0304. The predicted octanol–water partition coefficient (Wildman–Crippen LogP) is 2.10. The highest BCUT2D eigenvalue weighted by atomic mass is 16.1. The van der Waals surface area contributed by atoms with E-state index in [0.29, 0.717) is 11.4 Å². The van der Waals surface area contributed by atoms with Crippen molar-refractivity contribution in [1.29, 1.82) is 0 Å². The molecule has 0 amide bonds. The van der Waals surface area contributed by atoms with Gasteiger partial charge in [-0.05, 0) is 19.1 Å². The fourth-order valence-electron chi connectivity index (χ4n) is 2.26. The number of hydrogen-bond acceptors (Lipinski definition) is 4. The summed E-state index contributed by atoms with van der Waals surface area (Å²) in [7, 11) is 1.78. The summed E-state index contributed by atoms with van der Waals surface area (Å²) in [5.41, 5.74) is 2.37. The van der Waals surface area contributed by atoms with Crippen molar-refractivity contribution < 1.29 is 4.79 Å². The maximum absolute atomic E-state index is 12.5. The number of para-hydroxylation sites is 1. The summed E-state index contributed by atoms with van der Waals surface area (Å²) in [5, 5.41) is 4.86. The average molecular weight is 266 g/mol. The minimum Gasteiger partial charge on any atom is -0.294 e. The first-order valence-corrected chi connectivity index (χ1v) is 6.37. The summed E-state index contributed by atoms with van der Waals surface area (Å²) in [6.07, 6.45) is 1.70. The number of pyridine rings is 1. The third-order valence-electron chi connectivity index (χ3n) is 3.27. The van der Waals surface area contributed by atoms with E-state index >= 15 is 0 Å². The smallest absolute Gasteiger partial charge is 0.171 e. The Hall–Kier alpha value is -2.56. The van der Waals surface area contributed by atoms with Gasteiger partial charge >= 0.3 is 0 Å². The first-order valence-electron chi connectivity index (χ1n) is 6.37. The van der Waals surface area contributed by atoms with E-state index in [1.165, 1.54) is 6.33 Å². The number of aryl methyl sites for hydroxylation is 2. The van der Waals surface area contributed by atoms with E-state index in [-0.39, 0.29) is 12.2 Å². The van der Waals surface area contributed by atoms with Crippen LogP contribution in [0.4, 0.5) is 0 Å². The highest BCUT2D eigenvalue weighted by molar-refractivity contribution is 6.07. The molecule has 5 nitrogen and oxygen atoms in total. The van der Waals surface area contributed by atoms with E-state index in [1.54, 1.807) is 11.7 Å². The number of benzene rings is 1. The lowest BCUT2D eigenvalue weighted by Gasteiger charge is -2.07. The van der Waals surface area contributed by atoms with E-state index in [9.17, 15) is 4.79 Å². The summed E-state index contributed by atoms with van der Waals surface area (Å²) < 4.78 is 1.62. The third kappa shape index (κ3) is 2.18. The van der Waals surface area contributed by atoms with Crippen LogP contribution in [-0.4, -0.2) is 25.5 Å². The van der Waals surface area contributed by atoms with Crippen LogP contribution in [0.5, 0.6) is 0 Å². The maximum atomic E-state index is 12.5. The van der Waals surface area contributed by atoms with Gasteiger partial charge in [0, 0.05) is 23.7 Å². The molecule has 100 valence electrons. The number of nitrogens with zero attached hydrogens (tertiary/aromatic N) is 4. The summed E-state index contributed by atoms with van der Waals surface area (Å²) in [5.74, 6) is 0.691. The number of carbonyl (C=O) groups excluding carboxylic acids is 1. The molecule has 5 heteroatoms. The zero-order chi connectivity index (χ0) is 14.1. The summed E-state index contributed by atoms with van der Waals surface area (Å²) in [6, 6.07) is 9.51. The Kier molecular flexibility index (Phi) is 3.02. The average Bonchev–Trinajstić information content (AvgIpc) is 2.83. The Morgan fingerprint density at radius 2 is 2.10 bits per heavy atom. The van der Waals surface area contributed by atoms with Crippen LogP contribution in [0.25, 0.3) is 10.9 Å². The van der Waals surface area contributed by atoms with Gasteiger partial charge in [-0.25, -0.2) is 4.98 Å². The van der Waals surface area contributed by atoms with Gasteiger partial charge in [-0.3, -0.25) is 14.5 Å². The largest absolute Gasteiger partial charge is 0.294 e. The summed E-state index contributed by atoms with van der Waals surface area (Å²) in [6.45, 7) is 1.89. The molecule has 0 unspecified atom stereocenters. The molecule has 1 aromatic carbocycles. The van der Waals surface area contributed by atoms with Crippen molar-refractivity contribution in [2.75, 3.05) is 0 Å². The Morgan fingerprint density at radius 3 is 2.85 bits per heavy atom.